The molecule has 1 atom stereocenters. The Morgan fingerprint density at radius 2 is 2.07 bits per heavy atom. The first-order valence-corrected chi connectivity index (χ1v) is 5.65. The van der Waals surface area contributed by atoms with Gasteiger partial charge in [0.2, 0.25) is 0 Å². The van der Waals surface area contributed by atoms with Gasteiger partial charge < -0.3 is 11.1 Å². The highest BCUT2D eigenvalue weighted by molar-refractivity contribution is 6.31. The number of benzene rings is 1. The minimum atomic E-state index is 0.294. The monoisotopic (exact) mass is 226 g/mol. The third-order valence-electron chi connectivity index (χ3n) is 2.67. The van der Waals surface area contributed by atoms with Crippen LogP contribution in [0.3, 0.4) is 0 Å². The molecular weight excluding hydrogens is 208 g/mol. The normalized spacial score (nSPS) is 12.9. The van der Waals surface area contributed by atoms with E-state index in [-0.39, 0.29) is 0 Å². The van der Waals surface area contributed by atoms with E-state index in [4.69, 9.17) is 17.3 Å². The van der Waals surface area contributed by atoms with Crippen molar-refractivity contribution in [1.82, 2.24) is 0 Å². The van der Waals surface area contributed by atoms with E-state index in [1.54, 1.807) is 0 Å². The average molecular weight is 227 g/mol. The van der Waals surface area contributed by atoms with Crippen molar-refractivity contribution in [2.75, 3.05) is 11.9 Å². The predicted molar refractivity (Wildman–Crippen MR) is 67.5 cm³/mol. The average Bonchev–Trinajstić information content (AvgIpc) is 2.19. The molecule has 2 nitrogen and oxygen atoms in total. The van der Waals surface area contributed by atoms with Gasteiger partial charge in [0.05, 0.1) is 0 Å². The van der Waals surface area contributed by atoms with Crippen molar-refractivity contribution < 1.29 is 0 Å². The van der Waals surface area contributed by atoms with Gasteiger partial charge >= 0.3 is 0 Å². The first-order valence-electron chi connectivity index (χ1n) is 5.28. The van der Waals surface area contributed by atoms with Gasteiger partial charge in [-0.2, -0.15) is 0 Å². The maximum Gasteiger partial charge on any atom is 0.0455 e. The molecule has 15 heavy (non-hydrogen) atoms. The summed E-state index contributed by atoms with van der Waals surface area (Å²) >= 11 is 6.05. The fourth-order valence-corrected chi connectivity index (χ4v) is 1.64. The van der Waals surface area contributed by atoms with Gasteiger partial charge in [-0.15, -0.1) is 0 Å². The van der Waals surface area contributed by atoms with E-state index >= 15 is 0 Å². The van der Waals surface area contributed by atoms with Crippen molar-refractivity contribution in [1.29, 1.82) is 0 Å². The molecule has 0 bridgehead atoms. The molecule has 0 spiro atoms. The topological polar surface area (TPSA) is 38.0 Å². The molecule has 0 aliphatic rings. The quantitative estimate of drug-likeness (QED) is 0.828. The summed E-state index contributed by atoms with van der Waals surface area (Å²) in [4.78, 5) is 0. The Morgan fingerprint density at radius 3 is 2.60 bits per heavy atom. The number of nitrogens with one attached hydrogen (secondary N) is 1. The van der Waals surface area contributed by atoms with Gasteiger partial charge in [-0.3, -0.25) is 0 Å². The van der Waals surface area contributed by atoms with E-state index in [9.17, 15) is 0 Å². The lowest BCUT2D eigenvalue weighted by Gasteiger charge is -2.23. The second-order valence-electron chi connectivity index (χ2n) is 4.14. The van der Waals surface area contributed by atoms with Gasteiger partial charge in [0.1, 0.15) is 0 Å². The van der Waals surface area contributed by atoms with Crippen molar-refractivity contribution in [3.05, 3.63) is 28.8 Å². The van der Waals surface area contributed by atoms with Gasteiger partial charge in [0, 0.05) is 23.3 Å². The summed E-state index contributed by atoms with van der Waals surface area (Å²) < 4.78 is 0. The fourth-order valence-electron chi connectivity index (χ4n) is 1.46. The van der Waals surface area contributed by atoms with Crippen molar-refractivity contribution in [2.24, 2.45) is 11.7 Å². The molecule has 0 aliphatic carbocycles. The van der Waals surface area contributed by atoms with Crippen LogP contribution in [0.5, 0.6) is 0 Å². The van der Waals surface area contributed by atoms with Crippen molar-refractivity contribution in [2.45, 2.75) is 26.8 Å². The smallest absolute Gasteiger partial charge is 0.0455 e. The minimum absolute atomic E-state index is 0.294. The molecule has 0 aromatic heterocycles. The molecule has 0 fully saturated rings. The molecule has 3 N–H and O–H groups in total. The minimum Gasteiger partial charge on any atom is -0.381 e. The molecule has 0 amide bonds. The summed E-state index contributed by atoms with van der Waals surface area (Å²) in [7, 11) is 0. The van der Waals surface area contributed by atoms with E-state index in [1.165, 1.54) is 0 Å². The lowest BCUT2D eigenvalue weighted by molar-refractivity contribution is 0.531. The summed E-state index contributed by atoms with van der Waals surface area (Å²) in [5, 5.41) is 4.22. The van der Waals surface area contributed by atoms with Crippen LogP contribution < -0.4 is 11.1 Å². The molecule has 1 unspecified atom stereocenters. The van der Waals surface area contributed by atoms with Crippen molar-refractivity contribution >= 4 is 17.3 Å². The van der Waals surface area contributed by atoms with E-state index in [0.29, 0.717) is 18.5 Å². The maximum atomic E-state index is 6.05. The third kappa shape index (κ3) is 3.11. The zero-order valence-corrected chi connectivity index (χ0v) is 10.3. The summed E-state index contributed by atoms with van der Waals surface area (Å²) in [6.07, 6.45) is 0. The van der Waals surface area contributed by atoms with Crippen LogP contribution in [0.4, 0.5) is 5.69 Å². The molecule has 0 aliphatic heterocycles. The number of hydrogen-bond donors (Lipinski definition) is 2. The second kappa shape index (κ2) is 5.38. The standard InChI is InChI=1S/C12H19ClN2/c1-8(2)12(7-14)15-11-6-4-5-10(13)9(11)3/h4-6,8,12,15H,7,14H2,1-3H3. The summed E-state index contributed by atoms with van der Waals surface area (Å²) in [6, 6.07) is 6.18. The first kappa shape index (κ1) is 12.3. The molecule has 0 saturated heterocycles. The Hall–Kier alpha value is -0.730. The Bertz CT molecular complexity index is 323. The van der Waals surface area contributed by atoms with Crippen molar-refractivity contribution in [3.8, 4) is 0 Å². The van der Waals surface area contributed by atoms with Gasteiger partial charge in [-0.1, -0.05) is 31.5 Å². The van der Waals surface area contributed by atoms with Crippen LogP contribution in [-0.2, 0) is 0 Å². The lowest BCUT2D eigenvalue weighted by atomic mass is 10.0. The highest BCUT2D eigenvalue weighted by atomic mass is 35.5. The van der Waals surface area contributed by atoms with Gasteiger partial charge in [0.15, 0.2) is 0 Å². The van der Waals surface area contributed by atoms with Crippen LogP contribution in [0.1, 0.15) is 19.4 Å². The first-order chi connectivity index (χ1) is 7.06. The maximum absolute atomic E-state index is 6.05. The fraction of sp³-hybridized carbons (Fsp3) is 0.500. The van der Waals surface area contributed by atoms with Gasteiger partial charge in [-0.05, 0) is 30.5 Å². The van der Waals surface area contributed by atoms with Gasteiger partial charge in [0.25, 0.3) is 0 Å². The number of nitrogens with two attached hydrogens (primary N) is 1. The third-order valence-corrected chi connectivity index (χ3v) is 3.08. The van der Waals surface area contributed by atoms with Gasteiger partial charge in [-0.25, -0.2) is 0 Å². The summed E-state index contributed by atoms with van der Waals surface area (Å²) in [6.45, 7) is 6.96. The van der Waals surface area contributed by atoms with Crippen LogP contribution in [0.25, 0.3) is 0 Å². The molecule has 0 saturated carbocycles. The Labute approximate surface area is 96.8 Å². The number of halogens is 1. The molecule has 1 aromatic carbocycles. The van der Waals surface area contributed by atoms with E-state index in [1.807, 2.05) is 25.1 Å². The van der Waals surface area contributed by atoms with Crippen LogP contribution in [0, 0.1) is 12.8 Å². The zero-order chi connectivity index (χ0) is 11.4. The summed E-state index contributed by atoms with van der Waals surface area (Å²) in [5.74, 6) is 0.508. The Morgan fingerprint density at radius 1 is 1.40 bits per heavy atom. The molecular formula is C12H19ClN2. The Kier molecular flexibility index (Phi) is 4.43. The summed E-state index contributed by atoms with van der Waals surface area (Å²) in [5.41, 5.74) is 7.87. The van der Waals surface area contributed by atoms with E-state index in [0.717, 1.165) is 16.3 Å². The highest BCUT2D eigenvalue weighted by Crippen LogP contribution is 2.24. The van der Waals surface area contributed by atoms with Crippen LogP contribution in [0.15, 0.2) is 18.2 Å². The highest BCUT2D eigenvalue weighted by Gasteiger charge is 2.12. The zero-order valence-electron chi connectivity index (χ0n) is 9.55. The van der Waals surface area contributed by atoms with E-state index < -0.39 is 0 Å². The predicted octanol–water partition coefficient (Wildman–Crippen LogP) is 3.04. The second-order valence-corrected chi connectivity index (χ2v) is 4.55. The van der Waals surface area contributed by atoms with Crippen LogP contribution >= 0.6 is 11.6 Å². The lowest BCUT2D eigenvalue weighted by Crippen LogP contribution is -2.33. The van der Waals surface area contributed by atoms with Crippen molar-refractivity contribution in [3.63, 3.8) is 0 Å². The number of anilines is 1. The van der Waals surface area contributed by atoms with Crippen LogP contribution in [0.2, 0.25) is 5.02 Å². The molecule has 0 heterocycles. The number of hydrogen-bond acceptors (Lipinski definition) is 2. The number of rotatable bonds is 4. The SMILES string of the molecule is Cc1c(Cl)cccc1NC(CN)C(C)C. The molecule has 0 radical (unpaired) electrons. The van der Waals surface area contributed by atoms with Crippen LogP contribution in [-0.4, -0.2) is 12.6 Å². The molecule has 84 valence electrons. The Balaban J connectivity index is 2.84. The van der Waals surface area contributed by atoms with E-state index in [2.05, 4.69) is 19.2 Å². The molecule has 3 heteroatoms. The largest absolute Gasteiger partial charge is 0.381 e. The molecule has 1 rings (SSSR count). The molecule has 1 aromatic rings.